The molecule has 0 spiro atoms. The van der Waals surface area contributed by atoms with Gasteiger partial charge in [-0.1, -0.05) is 17.8 Å². The Morgan fingerprint density at radius 1 is 1.67 bits per heavy atom. The summed E-state index contributed by atoms with van der Waals surface area (Å²) in [7, 11) is 0. The van der Waals surface area contributed by atoms with E-state index in [0.717, 1.165) is 0 Å². The minimum Gasteiger partial charge on any atom is -0.312 e. The fourth-order valence-corrected chi connectivity index (χ4v) is 2.14. The summed E-state index contributed by atoms with van der Waals surface area (Å²) in [6.07, 6.45) is 1.64. The monoisotopic (exact) mass is 249 g/mol. The number of amides is 2. The summed E-state index contributed by atoms with van der Waals surface area (Å²) in [5.41, 5.74) is 0. The van der Waals surface area contributed by atoms with Crippen molar-refractivity contribution in [1.82, 2.24) is 9.80 Å². The Balaban J connectivity index is 0.00000196. The van der Waals surface area contributed by atoms with E-state index >= 15 is 0 Å². The third-order valence-corrected chi connectivity index (χ3v) is 2.90. The minimum absolute atomic E-state index is 0. The normalized spacial score (nSPS) is 16.7. The van der Waals surface area contributed by atoms with Crippen LogP contribution in [0.1, 0.15) is 13.8 Å². The van der Waals surface area contributed by atoms with E-state index in [9.17, 15) is 4.79 Å². The second-order valence-electron chi connectivity index (χ2n) is 3.32. The molecule has 0 radical (unpaired) electrons. The van der Waals surface area contributed by atoms with E-state index in [1.165, 1.54) is 16.7 Å². The quantitative estimate of drug-likeness (QED) is 0.781. The lowest BCUT2D eigenvalue weighted by molar-refractivity contribution is 0.173. The van der Waals surface area contributed by atoms with E-state index < -0.39 is 0 Å². The zero-order valence-corrected chi connectivity index (χ0v) is 10.5. The van der Waals surface area contributed by atoms with Crippen LogP contribution in [0.15, 0.2) is 12.7 Å². The van der Waals surface area contributed by atoms with Crippen molar-refractivity contribution in [1.29, 1.82) is 5.41 Å². The second-order valence-corrected chi connectivity index (χ2v) is 4.26. The summed E-state index contributed by atoms with van der Waals surface area (Å²) in [5, 5.41) is 7.92. The number of carbonyl (C=O) groups excluding carboxylic acids is 1. The first kappa shape index (κ1) is 14.3. The van der Waals surface area contributed by atoms with Crippen molar-refractivity contribution in [3.8, 4) is 0 Å². The van der Waals surface area contributed by atoms with Crippen molar-refractivity contribution in [3.63, 3.8) is 0 Å². The number of nitrogens with one attached hydrogen (secondary N) is 1. The van der Waals surface area contributed by atoms with Crippen molar-refractivity contribution in [2.45, 2.75) is 19.9 Å². The largest absolute Gasteiger partial charge is 0.327 e. The smallest absolute Gasteiger partial charge is 0.312 e. The van der Waals surface area contributed by atoms with Gasteiger partial charge >= 0.3 is 6.03 Å². The molecule has 4 nitrogen and oxygen atoms in total. The Bertz CT molecular complexity index is 270. The third-order valence-electron chi connectivity index (χ3n) is 2.00. The number of thioether (sulfide) groups is 1. The molecular weight excluding hydrogens is 234 g/mol. The lowest BCUT2D eigenvalue weighted by Gasteiger charge is -2.36. The van der Waals surface area contributed by atoms with Crippen LogP contribution in [0.4, 0.5) is 4.79 Å². The zero-order valence-electron chi connectivity index (χ0n) is 8.90. The minimum atomic E-state index is -0.0938. The molecule has 0 aromatic rings. The molecule has 0 aliphatic carbocycles. The highest BCUT2D eigenvalue weighted by atomic mass is 35.5. The van der Waals surface area contributed by atoms with E-state index in [1.54, 1.807) is 11.0 Å². The van der Waals surface area contributed by atoms with Gasteiger partial charge in [-0.25, -0.2) is 4.79 Å². The first-order valence-corrected chi connectivity index (χ1v) is 5.47. The maximum atomic E-state index is 11.8. The molecule has 1 rings (SSSR count). The van der Waals surface area contributed by atoms with E-state index in [2.05, 4.69) is 6.58 Å². The SMILES string of the molecule is C=CCN1C(=N)SCN(C(C)C)C1=O.Cl. The molecule has 1 heterocycles. The molecule has 1 N–H and O–H groups in total. The standard InChI is InChI=1S/C9H15N3OS.ClH/c1-4-5-11-8(10)14-6-12(7(2)3)9(11)13;/h4,7,10H,1,5-6H2,2-3H3;1H. The summed E-state index contributed by atoms with van der Waals surface area (Å²) in [5.74, 6) is 0.572. The molecule has 0 unspecified atom stereocenters. The maximum Gasteiger partial charge on any atom is 0.327 e. The van der Waals surface area contributed by atoms with Crippen LogP contribution in [-0.4, -0.2) is 39.5 Å². The van der Waals surface area contributed by atoms with Gasteiger partial charge < -0.3 is 4.90 Å². The van der Waals surface area contributed by atoms with E-state index in [4.69, 9.17) is 5.41 Å². The summed E-state index contributed by atoms with van der Waals surface area (Å²) in [6, 6.07) is 0.0825. The number of carbonyl (C=O) groups is 1. The van der Waals surface area contributed by atoms with Crippen molar-refractivity contribution in [2.75, 3.05) is 12.4 Å². The van der Waals surface area contributed by atoms with Crippen LogP contribution in [0.25, 0.3) is 0 Å². The number of halogens is 1. The molecular formula is C9H16ClN3OS. The summed E-state index contributed by atoms with van der Waals surface area (Å²) < 4.78 is 0. The average Bonchev–Trinajstić information content (AvgIpc) is 2.11. The molecule has 0 aromatic heterocycles. The lowest BCUT2D eigenvalue weighted by Crippen LogP contribution is -2.52. The first-order valence-electron chi connectivity index (χ1n) is 4.48. The van der Waals surface area contributed by atoms with Gasteiger partial charge in [0.25, 0.3) is 0 Å². The Labute approximate surface area is 101 Å². The van der Waals surface area contributed by atoms with Gasteiger partial charge in [-0.3, -0.25) is 10.3 Å². The highest BCUT2D eigenvalue weighted by Gasteiger charge is 2.30. The Hall–Kier alpha value is -0.680. The van der Waals surface area contributed by atoms with E-state index in [1.807, 2.05) is 13.8 Å². The van der Waals surface area contributed by atoms with Crippen LogP contribution < -0.4 is 0 Å². The fraction of sp³-hybridized carbons (Fsp3) is 0.556. The van der Waals surface area contributed by atoms with Crippen LogP contribution in [0.3, 0.4) is 0 Å². The molecule has 6 heteroatoms. The second kappa shape index (κ2) is 6.02. The molecule has 2 amide bonds. The fourth-order valence-electron chi connectivity index (χ4n) is 1.17. The number of nitrogens with zero attached hydrogens (tertiary/aromatic N) is 2. The van der Waals surface area contributed by atoms with Crippen LogP contribution in [0.5, 0.6) is 0 Å². The zero-order chi connectivity index (χ0) is 10.7. The van der Waals surface area contributed by atoms with Crippen LogP contribution >= 0.6 is 24.2 Å². The highest BCUT2D eigenvalue weighted by Crippen LogP contribution is 2.20. The van der Waals surface area contributed by atoms with Gasteiger partial charge in [-0.05, 0) is 13.8 Å². The van der Waals surface area contributed by atoms with Crippen molar-refractivity contribution < 1.29 is 4.79 Å². The lowest BCUT2D eigenvalue weighted by atomic mass is 10.3. The molecule has 0 aromatic carbocycles. The van der Waals surface area contributed by atoms with Gasteiger partial charge in [0.2, 0.25) is 0 Å². The molecule has 0 saturated carbocycles. The molecule has 1 saturated heterocycles. The molecule has 0 atom stereocenters. The van der Waals surface area contributed by atoms with Crippen LogP contribution in [0, 0.1) is 5.41 Å². The number of amidine groups is 1. The van der Waals surface area contributed by atoms with Crippen molar-refractivity contribution >= 4 is 35.4 Å². The van der Waals surface area contributed by atoms with Crippen LogP contribution in [-0.2, 0) is 0 Å². The van der Waals surface area contributed by atoms with Gasteiger partial charge in [-0.2, -0.15) is 0 Å². The molecule has 0 bridgehead atoms. The topological polar surface area (TPSA) is 47.4 Å². The molecule has 15 heavy (non-hydrogen) atoms. The van der Waals surface area contributed by atoms with Gasteiger partial charge in [0.1, 0.15) is 0 Å². The molecule has 1 fully saturated rings. The predicted octanol–water partition coefficient (Wildman–Crippen LogP) is 2.37. The summed E-state index contributed by atoms with van der Waals surface area (Å²) in [6.45, 7) is 7.93. The van der Waals surface area contributed by atoms with Gasteiger partial charge in [0.05, 0.1) is 5.88 Å². The van der Waals surface area contributed by atoms with Crippen molar-refractivity contribution in [2.24, 2.45) is 0 Å². The molecule has 1 aliphatic rings. The van der Waals surface area contributed by atoms with Crippen molar-refractivity contribution in [3.05, 3.63) is 12.7 Å². The number of hydrogen-bond donors (Lipinski definition) is 1. The Kier molecular flexibility index (Phi) is 5.75. The third kappa shape index (κ3) is 3.14. The number of rotatable bonds is 3. The summed E-state index contributed by atoms with van der Waals surface area (Å²) >= 11 is 1.37. The average molecular weight is 250 g/mol. The van der Waals surface area contributed by atoms with Crippen LogP contribution in [0.2, 0.25) is 0 Å². The maximum absolute atomic E-state index is 11.8. The molecule has 86 valence electrons. The highest BCUT2D eigenvalue weighted by molar-refractivity contribution is 8.13. The summed E-state index contributed by atoms with van der Waals surface area (Å²) in [4.78, 5) is 15.0. The predicted molar refractivity (Wildman–Crippen MR) is 66.7 cm³/mol. The first-order chi connectivity index (χ1) is 6.57. The van der Waals surface area contributed by atoms with Gasteiger partial charge in [0, 0.05) is 12.6 Å². The van der Waals surface area contributed by atoms with Gasteiger partial charge in [0.15, 0.2) is 5.17 Å². The number of hydrogen-bond acceptors (Lipinski definition) is 3. The Morgan fingerprint density at radius 3 is 2.73 bits per heavy atom. The number of urea groups is 1. The van der Waals surface area contributed by atoms with Gasteiger partial charge in [-0.15, -0.1) is 19.0 Å². The Morgan fingerprint density at radius 2 is 2.27 bits per heavy atom. The molecule has 1 aliphatic heterocycles. The van der Waals surface area contributed by atoms with E-state index in [0.29, 0.717) is 17.6 Å². The van der Waals surface area contributed by atoms with E-state index in [-0.39, 0.29) is 24.5 Å².